The first-order chi connectivity index (χ1) is 11.1. The zero-order valence-electron chi connectivity index (χ0n) is 12.1. The lowest BCUT2D eigenvalue weighted by Crippen LogP contribution is -1.90. The molecule has 0 saturated heterocycles. The van der Waals surface area contributed by atoms with Gasteiger partial charge in [-0.15, -0.1) is 0 Å². The molecule has 1 N–H and O–H groups in total. The van der Waals surface area contributed by atoms with Crippen LogP contribution < -0.4 is 4.74 Å². The summed E-state index contributed by atoms with van der Waals surface area (Å²) in [4.78, 5) is 16.7. The van der Waals surface area contributed by atoms with Crippen LogP contribution in [0.5, 0.6) is 11.5 Å². The number of amides is 1. The number of hydrogen-bond donors (Lipinski definition) is 1. The van der Waals surface area contributed by atoms with Gasteiger partial charge in [-0.3, -0.25) is 4.79 Å². The van der Waals surface area contributed by atoms with E-state index in [0.29, 0.717) is 20.2 Å². The molecule has 2 aromatic rings. The second-order valence-electron chi connectivity index (χ2n) is 4.75. The first-order valence-corrected chi connectivity index (χ1v) is 8.34. The van der Waals surface area contributed by atoms with E-state index in [-0.39, 0.29) is 11.7 Å². The number of nitrogens with zero attached hydrogens (tertiary/aromatic N) is 1. The normalized spacial score (nSPS) is 15.8. The lowest BCUT2D eigenvalue weighted by Gasteiger charge is -2.07. The Bertz CT molecular complexity index is 831. The fourth-order valence-corrected chi connectivity index (χ4v) is 3.48. The molecular formula is C17H12BrNO3S. The fraction of sp³-hybridized carbons (Fsp3) is 0.0588. The summed E-state index contributed by atoms with van der Waals surface area (Å²) in [6.07, 6.45) is 1.74. The van der Waals surface area contributed by atoms with Crippen molar-refractivity contribution in [2.45, 2.75) is 0 Å². The summed E-state index contributed by atoms with van der Waals surface area (Å²) in [5, 5.41) is 10.5. The first-order valence-electron chi connectivity index (χ1n) is 6.73. The predicted molar refractivity (Wildman–Crippen MR) is 95.9 cm³/mol. The van der Waals surface area contributed by atoms with Gasteiger partial charge >= 0.3 is 0 Å². The van der Waals surface area contributed by atoms with Crippen molar-refractivity contribution >= 4 is 44.7 Å². The Labute approximate surface area is 146 Å². The highest BCUT2D eigenvalue weighted by molar-refractivity contribution is 9.10. The largest absolute Gasteiger partial charge is 0.503 e. The van der Waals surface area contributed by atoms with E-state index < -0.39 is 0 Å². The minimum atomic E-state index is -0.267. The Balaban J connectivity index is 1.91. The molecule has 0 aromatic heterocycles. The van der Waals surface area contributed by atoms with Crippen LogP contribution in [0.3, 0.4) is 0 Å². The predicted octanol–water partition coefficient (Wildman–Crippen LogP) is 4.22. The van der Waals surface area contributed by atoms with Gasteiger partial charge in [0.1, 0.15) is 5.04 Å². The third-order valence-corrected chi connectivity index (χ3v) is 4.85. The summed E-state index contributed by atoms with van der Waals surface area (Å²) < 4.78 is 5.62. The third kappa shape index (κ3) is 3.33. The Morgan fingerprint density at radius 3 is 2.70 bits per heavy atom. The fourth-order valence-electron chi connectivity index (χ4n) is 2.10. The minimum Gasteiger partial charge on any atom is -0.503 e. The second kappa shape index (κ2) is 6.60. The zero-order valence-corrected chi connectivity index (χ0v) is 14.5. The molecule has 1 heterocycles. The third-order valence-electron chi connectivity index (χ3n) is 3.21. The number of hydrogen-bond acceptors (Lipinski definition) is 4. The van der Waals surface area contributed by atoms with Gasteiger partial charge in [-0.2, -0.15) is 0 Å². The maximum absolute atomic E-state index is 12.1. The van der Waals surface area contributed by atoms with Crippen LogP contribution in [0.15, 0.2) is 56.8 Å². The number of ether oxygens (including phenoxy) is 1. The maximum Gasteiger partial charge on any atom is 0.284 e. The van der Waals surface area contributed by atoms with Crippen molar-refractivity contribution in [3.8, 4) is 11.5 Å². The van der Waals surface area contributed by atoms with Gasteiger partial charge in [0, 0.05) is 5.56 Å². The molecule has 1 aliphatic rings. The maximum atomic E-state index is 12.1. The molecule has 4 nitrogen and oxygen atoms in total. The number of benzene rings is 2. The number of halogens is 1. The Kier molecular flexibility index (Phi) is 4.54. The molecule has 2 aromatic carbocycles. The van der Waals surface area contributed by atoms with Gasteiger partial charge in [-0.1, -0.05) is 42.1 Å². The van der Waals surface area contributed by atoms with Gasteiger partial charge < -0.3 is 9.84 Å². The monoisotopic (exact) mass is 389 g/mol. The number of aromatic hydroxyl groups is 1. The van der Waals surface area contributed by atoms with Crippen LogP contribution in [0.1, 0.15) is 11.1 Å². The van der Waals surface area contributed by atoms with Gasteiger partial charge in [-0.05, 0) is 39.7 Å². The Hall–Kier alpha value is -2.05. The molecule has 23 heavy (non-hydrogen) atoms. The van der Waals surface area contributed by atoms with Crippen LogP contribution in [-0.2, 0) is 4.79 Å². The van der Waals surface area contributed by atoms with Crippen LogP contribution in [0.2, 0.25) is 0 Å². The molecule has 6 heteroatoms. The minimum absolute atomic E-state index is 0.0290. The van der Waals surface area contributed by atoms with E-state index in [0.717, 1.165) is 11.1 Å². The lowest BCUT2D eigenvalue weighted by atomic mass is 10.2. The topological polar surface area (TPSA) is 58.9 Å². The van der Waals surface area contributed by atoms with Crippen LogP contribution in [0.4, 0.5) is 0 Å². The molecule has 1 amide bonds. The standard InChI is InChI=1S/C17H12BrNO3S/c1-22-13-8-10(7-12(18)15(13)20)9-14-16(21)19-17(23-14)11-5-3-2-4-6-11/h2-9,20H,1H3/b14-9-. The van der Waals surface area contributed by atoms with Crippen molar-refractivity contribution in [1.82, 2.24) is 0 Å². The summed E-state index contributed by atoms with van der Waals surface area (Å²) in [6, 6.07) is 13.0. The number of carbonyl (C=O) groups excluding carboxylic acids is 1. The molecular weight excluding hydrogens is 378 g/mol. The molecule has 116 valence electrons. The molecule has 1 aliphatic heterocycles. The smallest absolute Gasteiger partial charge is 0.284 e. The van der Waals surface area contributed by atoms with Crippen LogP contribution in [0, 0.1) is 0 Å². The van der Waals surface area contributed by atoms with E-state index >= 15 is 0 Å². The molecule has 0 aliphatic carbocycles. The van der Waals surface area contributed by atoms with E-state index in [9.17, 15) is 9.90 Å². The van der Waals surface area contributed by atoms with Gasteiger partial charge in [-0.25, -0.2) is 4.99 Å². The van der Waals surface area contributed by atoms with Crippen molar-refractivity contribution in [2.24, 2.45) is 4.99 Å². The van der Waals surface area contributed by atoms with Crippen molar-refractivity contribution in [3.05, 3.63) is 63.0 Å². The number of methoxy groups -OCH3 is 1. The number of thioether (sulfide) groups is 1. The van der Waals surface area contributed by atoms with E-state index in [1.54, 1.807) is 18.2 Å². The number of phenols is 1. The summed E-state index contributed by atoms with van der Waals surface area (Å²) in [6.45, 7) is 0. The van der Waals surface area contributed by atoms with Gasteiger partial charge in [0.15, 0.2) is 11.5 Å². The average Bonchev–Trinajstić information content (AvgIpc) is 2.92. The SMILES string of the molecule is COc1cc(/C=C2\SC(c3ccccc3)=NC2=O)cc(Br)c1O. The van der Waals surface area contributed by atoms with Gasteiger partial charge in [0.25, 0.3) is 5.91 Å². The van der Waals surface area contributed by atoms with E-state index in [1.807, 2.05) is 30.3 Å². The highest BCUT2D eigenvalue weighted by atomic mass is 79.9. The highest BCUT2D eigenvalue weighted by Gasteiger charge is 2.23. The Morgan fingerprint density at radius 2 is 2.00 bits per heavy atom. The van der Waals surface area contributed by atoms with Crippen molar-refractivity contribution in [2.75, 3.05) is 7.11 Å². The number of aliphatic imine (C=N–C) groups is 1. The number of phenolic OH excluding ortho intramolecular Hbond substituents is 1. The lowest BCUT2D eigenvalue weighted by molar-refractivity contribution is -0.113. The Morgan fingerprint density at radius 1 is 1.26 bits per heavy atom. The molecule has 0 unspecified atom stereocenters. The summed E-state index contributed by atoms with van der Waals surface area (Å²) in [7, 11) is 1.48. The first kappa shape index (κ1) is 15.8. The van der Waals surface area contributed by atoms with Crippen LogP contribution in [-0.4, -0.2) is 23.2 Å². The molecule has 0 spiro atoms. The van der Waals surface area contributed by atoms with E-state index in [2.05, 4.69) is 20.9 Å². The summed E-state index contributed by atoms with van der Waals surface area (Å²) in [5.41, 5.74) is 1.66. The van der Waals surface area contributed by atoms with Gasteiger partial charge in [0.05, 0.1) is 16.5 Å². The molecule has 0 bridgehead atoms. The number of carbonyl (C=O) groups is 1. The van der Waals surface area contributed by atoms with E-state index in [4.69, 9.17) is 4.74 Å². The molecule has 3 rings (SSSR count). The average molecular weight is 390 g/mol. The van der Waals surface area contributed by atoms with Crippen molar-refractivity contribution in [3.63, 3.8) is 0 Å². The highest BCUT2D eigenvalue weighted by Crippen LogP contribution is 2.37. The molecule has 0 atom stereocenters. The van der Waals surface area contributed by atoms with Crippen molar-refractivity contribution in [1.29, 1.82) is 0 Å². The zero-order chi connectivity index (χ0) is 16.4. The van der Waals surface area contributed by atoms with E-state index in [1.165, 1.54) is 18.9 Å². The molecule has 0 fully saturated rings. The summed E-state index contributed by atoms with van der Waals surface area (Å²) >= 11 is 4.60. The molecule has 0 saturated carbocycles. The van der Waals surface area contributed by atoms with Crippen LogP contribution in [0.25, 0.3) is 6.08 Å². The quantitative estimate of drug-likeness (QED) is 0.798. The second-order valence-corrected chi connectivity index (χ2v) is 6.64. The summed E-state index contributed by atoms with van der Waals surface area (Å²) in [5.74, 6) is 0.101. The van der Waals surface area contributed by atoms with Gasteiger partial charge in [0.2, 0.25) is 0 Å². The molecule has 0 radical (unpaired) electrons. The number of rotatable bonds is 3. The van der Waals surface area contributed by atoms with Crippen molar-refractivity contribution < 1.29 is 14.6 Å². The van der Waals surface area contributed by atoms with Crippen LogP contribution >= 0.6 is 27.7 Å².